The first-order valence-electron chi connectivity index (χ1n) is 8.11. The van der Waals surface area contributed by atoms with Gasteiger partial charge in [0.1, 0.15) is 5.82 Å². The molecule has 3 rings (SSSR count). The molecule has 7 heteroatoms. The van der Waals surface area contributed by atoms with Crippen molar-refractivity contribution in [2.45, 2.75) is 13.1 Å². The number of carbonyl (C=O) groups is 1. The van der Waals surface area contributed by atoms with E-state index in [2.05, 4.69) is 15.8 Å². The molecule has 1 amide bonds. The van der Waals surface area contributed by atoms with Crippen molar-refractivity contribution in [2.75, 3.05) is 5.43 Å². The van der Waals surface area contributed by atoms with E-state index in [4.69, 9.17) is 0 Å². The van der Waals surface area contributed by atoms with Crippen molar-refractivity contribution in [1.29, 1.82) is 0 Å². The van der Waals surface area contributed by atoms with Crippen LogP contribution in [0.1, 0.15) is 21.5 Å². The summed E-state index contributed by atoms with van der Waals surface area (Å²) in [5.74, 6) is -0.584. The van der Waals surface area contributed by atoms with Gasteiger partial charge in [0.05, 0.1) is 11.3 Å². The van der Waals surface area contributed by atoms with Crippen LogP contribution in [-0.4, -0.2) is 10.9 Å². The third-order valence-electron chi connectivity index (χ3n) is 3.84. The number of hydrogen-bond acceptors (Lipinski definition) is 3. The van der Waals surface area contributed by atoms with Gasteiger partial charge in [-0.2, -0.15) is 13.2 Å². The van der Waals surface area contributed by atoms with Crippen molar-refractivity contribution in [1.82, 2.24) is 10.4 Å². The Morgan fingerprint density at radius 1 is 0.963 bits per heavy atom. The molecule has 2 N–H and O–H groups in total. The topological polar surface area (TPSA) is 54.0 Å². The maximum absolute atomic E-state index is 13.2. The zero-order chi connectivity index (χ0) is 19.4. The lowest BCUT2D eigenvalue weighted by atomic mass is 10.1. The van der Waals surface area contributed by atoms with Crippen molar-refractivity contribution in [3.63, 3.8) is 0 Å². The smallest absolute Gasteiger partial charge is 0.282 e. The van der Waals surface area contributed by atoms with E-state index in [1.807, 2.05) is 6.92 Å². The number of rotatable bonds is 4. The standard InChI is InChI=1S/C20H16F3N3O/c1-13-7-9-15(10-8-13)19(27)26-25-18-12-16(20(21,22)23)11-17(24-18)14-5-3-2-4-6-14/h2-12H,1H3,(H,24,25)(H,26,27). The van der Waals surface area contributed by atoms with Gasteiger partial charge in [-0.3, -0.25) is 15.6 Å². The quantitative estimate of drug-likeness (QED) is 0.646. The summed E-state index contributed by atoms with van der Waals surface area (Å²) in [6.07, 6.45) is -4.54. The Labute approximate surface area is 154 Å². The molecular weight excluding hydrogens is 355 g/mol. The summed E-state index contributed by atoms with van der Waals surface area (Å²) >= 11 is 0. The summed E-state index contributed by atoms with van der Waals surface area (Å²) in [6.45, 7) is 1.89. The Bertz CT molecular complexity index is 939. The zero-order valence-electron chi connectivity index (χ0n) is 14.3. The maximum atomic E-state index is 13.2. The first kappa shape index (κ1) is 18.4. The average molecular weight is 371 g/mol. The van der Waals surface area contributed by atoms with Crippen molar-refractivity contribution in [3.05, 3.63) is 83.4 Å². The minimum atomic E-state index is -4.54. The monoisotopic (exact) mass is 371 g/mol. The van der Waals surface area contributed by atoms with Crippen LogP contribution >= 0.6 is 0 Å². The van der Waals surface area contributed by atoms with Crippen LogP contribution in [0.5, 0.6) is 0 Å². The van der Waals surface area contributed by atoms with E-state index in [9.17, 15) is 18.0 Å². The molecule has 0 aliphatic heterocycles. The number of hydrazine groups is 1. The van der Waals surface area contributed by atoms with Crippen LogP contribution in [0, 0.1) is 6.92 Å². The second kappa shape index (κ2) is 7.49. The van der Waals surface area contributed by atoms with Crippen LogP contribution in [0.4, 0.5) is 19.0 Å². The van der Waals surface area contributed by atoms with E-state index < -0.39 is 17.6 Å². The third kappa shape index (κ3) is 4.63. The van der Waals surface area contributed by atoms with Crippen molar-refractivity contribution in [3.8, 4) is 11.3 Å². The van der Waals surface area contributed by atoms with E-state index >= 15 is 0 Å². The lowest BCUT2D eigenvalue weighted by Crippen LogP contribution is -2.30. The Balaban J connectivity index is 1.86. The highest BCUT2D eigenvalue weighted by Crippen LogP contribution is 2.33. The lowest BCUT2D eigenvalue weighted by molar-refractivity contribution is -0.137. The SMILES string of the molecule is Cc1ccc(C(=O)NNc2cc(C(F)(F)F)cc(-c3ccccc3)n2)cc1. The molecule has 0 aliphatic rings. The van der Waals surface area contributed by atoms with Crippen LogP contribution in [0.15, 0.2) is 66.7 Å². The summed E-state index contributed by atoms with van der Waals surface area (Å²) in [4.78, 5) is 16.3. The molecule has 0 atom stereocenters. The Morgan fingerprint density at radius 3 is 2.26 bits per heavy atom. The minimum absolute atomic E-state index is 0.107. The maximum Gasteiger partial charge on any atom is 0.416 e. The first-order chi connectivity index (χ1) is 12.8. The molecule has 0 fully saturated rings. The number of nitrogens with zero attached hydrogens (tertiary/aromatic N) is 1. The normalized spacial score (nSPS) is 11.1. The molecule has 0 aliphatic carbocycles. The number of nitrogens with one attached hydrogen (secondary N) is 2. The van der Waals surface area contributed by atoms with Gasteiger partial charge >= 0.3 is 6.18 Å². The fourth-order valence-electron chi connectivity index (χ4n) is 2.41. The number of aryl methyl sites for hydroxylation is 1. The molecular formula is C20H16F3N3O. The van der Waals surface area contributed by atoms with Crippen molar-refractivity contribution in [2.24, 2.45) is 0 Å². The number of anilines is 1. The van der Waals surface area contributed by atoms with Gasteiger partial charge in [-0.1, -0.05) is 48.0 Å². The van der Waals surface area contributed by atoms with E-state index in [1.165, 1.54) is 0 Å². The van der Waals surface area contributed by atoms with Gasteiger partial charge in [0.2, 0.25) is 0 Å². The number of carbonyl (C=O) groups excluding carboxylic acids is 1. The van der Waals surface area contributed by atoms with Crippen LogP contribution in [0.25, 0.3) is 11.3 Å². The van der Waals surface area contributed by atoms with E-state index in [1.54, 1.807) is 54.6 Å². The van der Waals surface area contributed by atoms with Gasteiger partial charge in [-0.15, -0.1) is 0 Å². The first-order valence-corrected chi connectivity index (χ1v) is 8.11. The van der Waals surface area contributed by atoms with Gasteiger partial charge < -0.3 is 0 Å². The van der Waals surface area contributed by atoms with E-state index in [-0.39, 0.29) is 11.5 Å². The van der Waals surface area contributed by atoms with Crippen LogP contribution < -0.4 is 10.9 Å². The molecule has 3 aromatic rings. The fourth-order valence-corrected chi connectivity index (χ4v) is 2.41. The molecule has 2 aromatic carbocycles. The van der Waals surface area contributed by atoms with Crippen LogP contribution in [0.3, 0.4) is 0 Å². The highest BCUT2D eigenvalue weighted by atomic mass is 19.4. The molecule has 0 saturated carbocycles. The molecule has 1 heterocycles. The second-order valence-corrected chi connectivity index (χ2v) is 5.94. The molecule has 4 nitrogen and oxygen atoms in total. The minimum Gasteiger partial charge on any atom is -0.282 e. The highest BCUT2D eigenvalue weighted by molar-refractivity contribution is 5.94. The predicted octanol–water partition coefficient (Wildman–Crippen LogP) is 4.83. The van der Waals surface area contributed by atoms with E-state index in [0.717, 1.165) is 17.7 Å². The Kier molecular flexibility index (Phi) is 5.12. The number of hydrogen-bond donors (Lipinski definition) is 2. The molecule has 0 saturated heterocycles. The number of benzene rings is 2. The summed E-state index contributed by atoms with van der Waals surface area (Å²) in [6, 6.07) is 17.1. The predicted molar refractivity (Wildman–Crippen MR) is 96.9 cm³/mol. The van der Waals surface area contributed by atoms with Crippen molar-refractivity contribution >= 4 is 11.7 Å². The highest BCUT2D eigenvalue weighted by Gasteiger charge is 2.31. The number of alkyl halides is 3. The van der Waals surface area contributed by atoms with Gasteiger partial charge in [-0.25, -0.2) is 4.98 Å². The third-order valence-corrected chi connectivity index (χ3v) is 3.84. The average Bonchev–Trinajstić information content (AvgIpc) is 2.66. The molecule has 138 valence electrons. The van der Waals surface area contributed by atoms with Gasteiger partial charge in [0, 0.05) is 11.1 Å². The molecule has 0 unspecified atom stereocenters. The summed E-state index contributed by atoms with van der Waals surface area (Å²) in [5.41, 5.74) is 6.04. The van der Waals surface area contributed by atoms with Gasteiger partial charge in [-0.05, 0) is 31.2 Å². The zero-order valence-corrected chi connectivity index (χ0v) is 14.3. The number of pyridine rings is 1. The van der Waals surface area contributed by atoms with Gasteiger partial charge in [0.15, 0.2) is 0 Å². The largest absolute Gasteiger partial charge is 0.416 e. The molecule has 0 bridgehead atoms. The molecule has 27 heavy (non-hydrogen) atoms. The Morgan fingerprint density at radius 2 is 1.63 bits per heavy atom. The number of aromatic nitrogens is 1. The second-order valence-electron chi connectivity index (χ2n) is 5.94. The van der Waals surface area contributed by atoms with Gasteiger partial charge in [0.25, 0.3) is 5.91 Å². The lowest BCUT2D eigenvalue weighted by Gasteiger charge is -2.13. The number of amides is 1. The Hall–Kier alpha value is -3.35. The van der Waals surface area contributed by atoms with E-state index in [0.29, 0.717) is 11.1 Å². The fraction of sp³-hybridized carbons (Fsp3) is 0.100. The number of halogens is 3. The summed E-state index contributed by atoms with van der Waals surface area (Å²) in [7, 11) is 0. The summed E-state index contributed by atoms with van der Waals surface area (Å²) < 4.78 is 39.7. The molecule has 0 radical (unpaired) electrons. The van der Waals surface area contributed by atoms with Crippen molar-refractivity contribution < 1.29 is 18.0 Å². The summed E-state index contributed by atoms with van der Waals surface area (Å²) in [5, 5.41) is 0. The molecule has 1 aromatic heterocycles. The van der Waals surface area contributed by atoms with Crippen LogP contribution in [-0.2, 0) is 6.18 Å². The van der Waals surface area contributed by atoms with Crippen LogP contribution in [0.2, 0.25) is 0 Å². The molecule has 0 spiro atoms.